The van der Waals surface area contributed by atoms with Crippen LogP contribution in [0.1, 0.15) is 5.56 Å². The minimum Gasteiger partial charge on any atom is -0.492 e. The highest BCUT2D eigenvalue weighted by atomic mass is 32.2. The fourth-order valence-electron chi connectivity index (χ4n) is 1.76. The zero-order valence-electron chi connectivity index (χ0n) is 11.4. The molecule has 0 radical (unpaired) electrons. The first kappa shape index (κ1) is 14.7. The first-order valence-corrected chi connectivity index (χ1v) is 7.62. The minimum atomic E-state index is -0.145. The van der Waals surface area contributed by atoms with Gasteiger partial charge in [-0.2, -0.15) is 0 Å². The number of hydrogen-bond acceptors (Lipinski definition) is 4. The van der Waals surface area contributed by atoms with Crippen LogP contribution in [0.3, 0.4) is 0 Å². The van der Waals surface area contributed by atoms with Crippen LogP contribution in [0.4, 0.5) is 0 Å². The third-order valence-electron chi connectivity index (χ3n) is 2.87. The Labute approximate surface area is 122 Å². The normalized spacial score (nSPS) is 14.4. The van der Waals surface area contributed by atoms with E-state index in [4.69, 9.17) is 4.74 Å². The van der Waals surface area contributed by atoms with E-state index >= 15 is 0 Å². The number of hydrogen-bond donors (Lipinski definition) is 1. The molecule has 1 aliphatic rings. The summed E-state index contributed by atoms with van der Waals surface area (Å²) >= 11 is 1.53. The molecule has 108 valence electrons. The molecule has 1 aliphatic heterocycles. The smallest absolute Gasteiger partial charge is 0.239 e. The van der Waals surface area contributed by atoms with Gasteiger partial charge in [0.2, 0.25) is 11.8 Å². The Kier molecular flexibility index (Phi) is 5.29. The maximum Gasteiger partial charge on any atom is 0.239 e. The Hall–Kier alpha value is -1.69. The number of carbonyl (C=O) groups excluding carboxylic acids is 2. The summed E-state index contributed by atoms with van der Waals surface area (Å²) in [5.41, 5.74) is 1.18. The van der Waals surface area contributed by atoms with Crippen molar-refractivity contribution in [2.75, 3.05) is 31.3 Å². The summed E-state index contributed by atoms with van der Waals surface area (Å²) in [4.78, 5) is 24.5. The van der Waals surface area contributed by atoms with Crippen molar-refractivity contribution in [2.45, 2.75) is 6.92 Å². The Balaban J connectivity index is 1.62. The van der Waals surface area contributed by atoms with Crippen molar-refractivity contribution in [2.24, 2.45) is 0 Å². The van der Waals surface area contributed by atoms with Crippen molar-refractivity contribution in [1.29, 1.82) is 0 Å². The molecule has 1 aromatic carbocycles. The van der Waals surface area contributed by atoms with Gasteiger partial charge in [-0.3, -0.25) is 9.59 Å². The van der Waals surface area contributed by atoms with Crippen LogP contribution in [0.5, 0.6) is 5.75 Å². The van der Waals surface area contributed by atoms with Gasteiger partial charge in [0.15, 0.2) is 0 Å². The minimum absolute atomic E-state index is 0.0288. The summed E-state index contributed by atoms with van der Waals surface area (Å²) in [5, 5.41) is 2.74. The Morgan fingerprint density at radius 3 is 2.80 bits per heavy atom. The first-order valence-electron chi connectivity index (χ1n) is 6.47. The van der Waals surface area contributed by atoms with Gasteiger partial charge in [-0.05, 0) is 19.1 Å². The molecule has 1 saturated heterocycles. The molecule has 0 spiro atoms. The number of nitrogens with one attached hydrogen (secondary N) is 1. The average molecular weight is 294 g/mol. The molecule has 0 saturated carbocycles. The Morgan fingerprint density at radius 1 is 1.40 bits per heavy atom. The predicted octanol–water partition coefficient (Wildman–Crippen LogP) is 1.02. The van der Waals surface area contributed by atoms with Crippen molar-refractivity contribution < 1.29 is 14.3 Å². The molecule has 1 aromatic rings. The molecule has 20 heavy (non-hydrogen) atoms. The zero-order chi connectivity index (χ0) is 14.4. The van der Waals surface area contributed by atoms with Gasteiger partial charge in [0.05, 0.1) is 18.2 Å². The summed E-state index contributed by atoms with van der Waals surface area (Å²) < 4.78 is 5.50. The fourth-order valence-corrected chi connectivity index (χ4v) is 2.67. The van der Waals surface area contributed by atoms with E-state index in [0.717, 1.165) is 5.75 Å². The maximum absolute atomic E-state index is 11.6. The summed E-state index contributed by atoms with van der Waals surface area (Å²) in [7, 11) is 0. The number of aryl methyl sites for hydroxylation is 1. The number of rotatable bonds is 6. The summed E-state index contributed by atoms with van der Waals surface area (Å²) in [6.07, 6.45) is 0. The summed E-state index contributed by atoms with van der Waals surface area (Å²) in [6, 6.07) is 7.75. The SMILES string of the molecule is Cc1ccc(OCCNC(=O)CN2CSCC2=O)cc1. The molecule has 0 atom stereocenters. The van der Waals surface area contributed by atoms with Gasteiger partial charge in [-0.15, -0.1) is 11.8 Å². The number of carbonyl (C=O) groups is 2. The molecule has 1 fully saturated rings. The topological polar surface area (TPSA) is 58.6 Å². The highest BCUT2D eigenvalue weighted by Crippen LogP contribution is 2.14. The molecule has 1 N–H and O–H groups in total. The van der Waals surface area contributed by atoms with Gasteiger partial charge in [0.25, 0.3) is 0 Å². The molecule has 0 aliphatic carbocycles. The molecule has 0 unspecified atom stereocenters. The van der Waals surface area contributed by atoms with Crippen LogP contribution >= 0.6 is 11.8 Å². The third kappa shape index (κ3) is 4.45. The fraction of sp³-hybridized carbons (Fsp3) is 0.429. The third-order valence-corrected chi connectivity index (χ3v) is 3.82. The van der Waals surface area contributed by atoms with Gasteiger partial charge in [-0.25, -0.2) is 0 Å². The molecule has 2 rings (SSSR count). The molecule has 0 aromatic heterocycles. The van der Waals surface area contributed by atoms with Crippen molar-refractivity contribution >= 4 is 23.6 Å². The molecule has 0 bridgehead atoms. The molecular weight excluding hydrogens is 276 g/mol. The first-order chi connectivity index (χ1) is 9.65. The van der Waals surface area contributed by atoms with E-state index in [2.05, 4.69) is 5.32 Å². The number of benzene rings is 1. The van der Waals surface area contributed by atoms with Crippen LogP contribution in [-0.4, -0.2) is 48.0 Å². The second-order valence-electron chi connectivity index (χ2n) is 4.58. The molecule has 1 heterocycles. The lowest BCUT2D eigenvalue weighted by Gasteiger charge is -2.14. The van der Waals surface area contributed by atoms with E-state index in [1.165, 1.54) is 17.3 Å². The lowest BCUT2D eigenvalue weighted by atomic mass is 10.2. The number of amides is 2. The maximum atomic E-state index is 11.6. The van der Waals surface area contributed by atoms with Crippen molar-refractivity contribution in [3.8, 4) is 5.75 Å². The van der Waals surface area contributed by atoms with Crippen molar-refractivity contribution in [3.63, 3.8) is 0 Å². The molecule has 6 heteroatoms. The largest absolute Gasteiger partial charge is 0.492 e. The number of thioether (sulfide) groups is 1. The van der Waals surface area contributed by atoms with E-state index in [1.807, 2.05) is 31.2 Å². The van der Waals surface area contributed by atoms with E-state index in [-0.39, 0.29) is 18.4 Å². The van der Waals surface area contributed by atoms with Gasteiger partial charge in [-0.1, -0.05) is 17.7 Å². The van der Waals surface area contributed by atoms with E-state index < -0.39 is 0 Å². The summed E-state index contributed by atoms with van der Waals surface area (Å²) in [5.74, 6) is 1.75. The standard InChI is InChI=1S/C14H18N2O3S/c1-11-2-4-12(5-3-11)19-7-6-15-13(17)8-16-10-20-9-14(16)18/h2-5H,6-10H2,1H3,(H,15,17). The van der Waals surface area contributed by atoms with Crippen LogP contribution in [0.2, 0.25) is 0 Å². The van der Waals surface area contributed by atoms with Crippen molar-refractivity contribution in [1.82, 2.24) is 10.2 Å². The second-order valence-corrected chi connectivity index (χ2v) is 5.54. The lowest BCUT2D eigenvalue weighted by Crippen LogP contribution is -2.39. The molecule has 2 amide bonds. The quantitative estimate of drug-likeness (QED) is 0.796. The second kappa shape index (κ2) is 7.19. The predicted molar refractivity (Wildman–Crippen MR) is 78.7 cm³/mol. The van der Waals surface area contributed by atoms with E-state index in [9.17, 15) is 9.59 Å². The Bertz CT molecular complexity index is 476. The van der Waals surface area contributed by atoms with Gasteiger partial charge in [0.1, 0.15) is 18.9 Å². The summed E-state index contributed by atoms with van der Waals surface area (Å²) in [6.45, 7) is 3.00. The number of ether oxygens (including phenoxy) is 1. The van der Waals surface area contributed by atoms with Crippen LogP contribution in [-0.2, 0) is 9.59 Å². The van der Waals surface area contributed by atoms with E-state index in [1.54, 1.807) is 4.90 Å². The van der Waals surface area contributed by atoms with Gasteiger partial charge in [0, 0.05) is 0 Å². The molecule has 5 nitrogen and oxygen atoms in total. The van der Waals surface area contributed by atoms with E-state index in [0.29, 0.717) is 24.8 Å². The van der Waals surface area contributed by atoms with Crippen molar-refractivity contribution in [3.05, 3.63) is 29.8 Å². The van der Waals surface area contributed by atoms with Crippen LogP contribution in [0.25, 0.3) is 0 Å². The molecular formula is C14H18N2O3S. The van der Waals surface area contributed by atoms with Crippen LogP contribution < -0.4 is 10.1 Å². The monoisotopic (exact) mass is 294 g/mol. The highest BCUT2D eigenvalue weighted by molar-refractivity contribution is 8.00. The highest BCUT2D eigenvalue weighted by Gasteiger charge is 2.22. The Morgan fingerprint density at radius 2 is 2.15 bits per heavy atom. The zero-order valence-corrected chi connectivity index (χ0v) is 12.2. The number of nitrogens with zero attached hydrogens (tertiary/aromatic N) is 1. The van der Waals surface area contributed by atoms with Crippen LogP contribution in [0.15, 0.2) is 24.3 Å². The lowest BCUT2D eigenvalue weighted by molar-refractivity contribution is -0.132. The average Bonchev–Trinajstić information content (AvgIpc) is 2.82. The van der Waals surface area contributed by atoms with Crippen LogP contribution in [0, 0.1) is 6.92 Å². The van der Waals surface area contributed by atoms with Gasteiger partial charge >= 0.3 is 0 Å². The van der Waals surface area contributed by atoms with Gasteiger partial charge < -0.3 is 15.0 Å².